The number of rotatable bonds is 4. The number of benzene rings is 1. The number of amides is 1. The van der Waals surface area contributed by atoms with Gasteiger partial charge in [-0.2, -0.15) is 0 Å². The Morgan fingerprint density at radius 1 is 1.16 bits per heavy atom. The van der Waals surface area contributed by atoms with Gasteiger partial charge in [0.1, 0.15) is 5.82 Å². The van der Waals surface area contributed by atoms with Crippen molar-refractivity contribution in [1.29, 1.82) is 0 Å². The largest absolute Gasteiger partial charge is 0.340 e. The number of imidazole rings is 1. The monoisotopic (exact) mass is 417 g/mol. The quantitative estimate of drug-likeness (QED) is 0.701. The highest BCUT2D eigenvalue weighted by Crippen LogP contribution is 2.36. The van der Waals surface area contributed by atoms with Crippen LogP contribution in [0, 0.1) is 5.92 Å². The van der Waals surface area contributed by atoms with Crippen LogP contribution in [0.2, 0.25) is 0 Å². The van der Waals surface area contributed by atoms with E-state index in [1.807, 2.05) is 69.7 Å². The highest BCUT2D eigenvalue weighted by Gasteiger charge is 2.38. The maximum atomic E-state index is 13.2. The molecule has 7 heteroatoms. The maximum absolute atomic E-state index is 13.2. The zero-order chi connectivity index (χ0) is 21.5. The van der Waals surface area contributed by atoms with Gasteiger partial charge in [-0.1, -0.05) is 30.3 Å². The second-order valence-corrected chi connectivity index (χ2v) is 8.79. The first-order chi connectivity index (χ1) is 15.0. The molecule has 0 spiro atoms. The summed E-state index contributed by atoms with van der Waals surface area (Å²) in [6, 6.07) is 13.2. The van der Waals surface area contributed by atoms with Gasteiger partial charge in [-0.15, -0.1) is 0 Å². The number of piperidine rings is 1. The van der Waals surface area contributed by atoms with Crippen LogP contribution in [0.5, 0.6) is 0 Å². The number of carbonyl (C=O) groups excluding carboxylic acids is 1. The van der Waals surface area contributed by atoms with Crippen molar-refractivity contribution in [2.45, 2.75) is 31.3 Å². The molecule has 2 N–H and O–H groups in total. The lowest BCUT2D eigenvalue weighted by Gasteiger charge is -2.43. The highest BCUT2D eigenvalue weighted by atomic mass is 16.2. The van der Waals surface area contributed by atoms with Crippen LogP contribution in [0.25, 0.3) is 11.4 Å². The summed E-state index contributed by atoms with van der Waals surface area (Å²) in [5.41, 5.74) is 8.98. The van der Waals surface area contributed by atoms with Crippen molar-refractivity contribution in [3.63, 3.8) is 0 Å². The number of hydrogen-bond donors (Lipinski definition) is 1. The van der Waals surface area contributed by atoms with Crippen LogP contribution in [-0.2, 0) is 24.8 Å². The third-order valence-electron chi connectivity index (χ3n) is 6.59. The Morgan fingerprint density at radius 2 is 1.97 bits per heavy atom. The molecule has 2 aromatic heterocycles. The van der Waals surface area contributed by atoms with Crippen LogP contribution in [0.3, 0.4) is 0 Å². The van der Waals surface area contributed by atoms with Crippen molar-refractivity contribution >= 4 is 5.91 Å². The second-order valence-electron chi connectivity index (χ2n) is 8.79. The van der Waals surface area contributed by atoms with Gasteiger partial charge in [-0.3, -0.25) is 9.59 Å². The summed E-state index contributed by atoms with van der Waals surface area (Å²) in [5.74, 6) is 1.09. The normalized spacial score (nSPS) is 20.9. The average molecular weight is 418 g/mol. The summed E-state index contributed by atoms with van der Waals surface area (Å²) in [7, 11) is 1.89. The van der Waals surface area contributed by atoms with Gasteiger partial charge < -0.3 is 19.8 Å². The van der Waals surface area contributed by atoms with Crippen LogP contribution in [0.4, 0.5) is 0 Å². The first-order valence-corrected chi connectivity index (χ1v) is 10.8. The number of aromatic nitrogens is 3. The van der Waals surface area contributed by atoms with Gasteiger partial charge in [0.2, 0.25) is 5.91 Å². The van der Waals surface area contributed by atoms with E-state index in [-0.39, 0.29) is 23.3 Å². The van der Waals surface area contributed by atoms with Gasteiger partial charge in [0.25, 0.3) is 5.56 Å². The Kier molecular flexibility index (Phi) is 4.98. The van der Waals surface area contributed by atoms with Crippen molar-refractivity contribution in [2.24, 2.45) is 18.7 Å². The molecule has 5 rings (SSSR count). The summed E-state index contributed by atoms with van der Waals surface area (Å²) in [6.07, 6.45) is 5.08. The van der Waals surface area contributed by atoms with Crippen molar-refractivity contribution < 1.29 is 4.79 Å². The summed E-state index contributed by atoms with van der Waals surface area (Å²) in [6.45, 7) is 1.88. The lowest BCUT2D eigenvalue weighted by molar-refractivity contribution is -0.135. The van der Waals surface area contributed by atoms with E-state index < -0.39 is 6.04 Å². The SMILES string of the molecule is Cn1ccnc1-c1ccc2n(c1=O)C[C@H]1C[C@@H]2CN(C(=O)[C@@H](N)Cc2ccccc2)C1. The van der Waals surface area contributed by atoms with Crippen molar-refractivity contribution in [2.75, 3.05) is 13.1 Å². The summed E-state index contributed by atoms with van der Waals surface area (Å²) >= 11 is 0. The molecule has 31 heavy (non-hydrogen) atoms. The molecule has 160 valence electrons. The maximum Gasteiger partial charge on any atom is 0.261 e. The topological polar surface area (TPSA) is 86.2 Å². The third-order valence-corrected chi connectivity index (χ3v) is 6.59. The summed E-state index contributed by atoms with van der Waals surface area (Å²) in [5, 5.41) is 0. The van der Waals surface area contributed by atoms with E-state index in [1.165, 1.54) is 0 Å². The average Bonchev–Trinajstić information content (AvgIpc) is 3.20. The molecule has 2 aliphatic rings. The number of fused-ring (bicyclic) bond motifs is 4. The Bertz CT molecular complexity index is 1170. The third kappa shape index (κ3) is 3.59. The van der Waals surface area contributed by atoms with Crippen molar-refractivity contribution in [3.05, 3.63) is 76.5 Å². The van der Waals surface area contributed by atoms with Crippen molar-refractivity contribution in [3.8, 4) is 11.4 Å². The lowest BCUT2D eigenvalue weighted by atomic mass is 9.82. The smallest absolute Gasteiger partial charge is 0.261 e. The fraction of sp³-hybridized carbons (Fsp3) is 0.375. The molecule has 4 heterocycles. The molecule has 1 amide bonds. The van der Waals surface area contributed by atoms with Crippen LogP contribution < -0.4 is 11.3 Å². The predicted molar refractivity (Wildman–Crippen MR) is 118 cm³/mol. The van der Waals surface area contributed by atoms with Crippen LogP contribution in [0.15, 0.2) is 59.7 Å². The molecule has 2 aliphatic heterocycles. The molecule has 0 saturated carbocycles. The molecule has 1 aromatic carbocycles. The Hall–Kier alpha value is -3.19. The van der Waals surface area contributed by atoms with E-state index >= 15 is 0 Å². The summed E-state index contributed by atoms with van der Waals surface area (Å²) < 4.78 is 3.76. The van der Waals surface area contributed by atoms with Crippen LogP contribution >= 0.6 is 0 Å². The number of hydrogen-bond acceptors (Lipinski definition) is 4. The highest BCUT2D eigenvalue weighted by molar-refractivity contribution is 5.82. The van der Waals surface area contributed by atoms with Gasteiger partial charge >= 0.3 is 0 Å². The van der Waals surface area contributed by atoms with E-state index in [0.717, 1.165) is 17.7 Å². The number of nitrogens with two attached hydrogens (primary N) is 1. The predicted octanol–water partition coefficient (Wildman–Crippen LogP) is 1.76. The first-order valence-electron chi connectivity index (χ1n) is 10.8. The van der Waals surface area contributed by atoms with Gasteiger partial charge in [0, 0.05) is 50.7 Å². The Morgan fingerprint density at radius 3 is 2.71 bits per heavy atom. The first kappa shape index (κ1) is 19.8. The van der Waals surface area contributed by atoms with Crippen LogP contribution in [-0.4, -0.2) is 44.1 Å². The van der Waals surface area contributed by atoms with Crippen LogP contribution in [0.1, 0.15) is 23.6 Å². The van der Waals surface area contributed by atoms with Gasteiger partial charge in [0.15, 0.2) is 0 Å². The van der Waals surface area contributed by atoms with E-state index in [4.69, 9.17) is 5.73 Å². The van der Waals surface area contributed by atoms with E-state index in [2.05, 4.69) is 4.98 Å². The molecule has 3 atom stereocenters. The lowest BCUT2D eigenvalue weighted by Crippen LogP contribution is -2.53. The Labute approximate surface area is 181 Å². The fourth-order valence-electron chi connectivity index (χ4n) is 5.11. The number of pyridine rings is 1. The molecule has 1 fully saturated rings. The van der Waals surface area contributed by atoms with Gasteiger partial charge in [-0.25, -0.2) is 4.98 Å². The molecule has 7 nitrogen and oxygen atoms in total. The molecule has 0 radical (unpaired) electrons. The standard InChI is InChI=1S/C24H27N5O2/c1-27-10-9-26-22(27)19-7-8-21-18-11-17(14-29(21)23(19)30)13-28(15-18)24(31)20(25)12-16-5-3-2-4-6-16/h2-10,17-18,20H,11-15,25H2,1H3/t17-,18+,20-/m0/s1. The molecular weight excluding hydrogens is 390 g/mol. The summed E-state index contributed by atoms with van der Waals surface area (Å²) in [4.78, 5) is 32.6. The number of carbonyl (C=O) groups is 1. The van der Waals surface area contributed by atoms with Gasteiger partial charge in [-0.05, 0) is 36.5 Å². The fourth-order valence-corrected chi connectivity index (χ4v) is 5.11. The molecule has 3 aromatic rings. The van der Waals surface area contributed by atoms with E-state index in [0.29, 0.717) is 37.4 Å². The zero-order valence-electron chi connectivity index (χ0n) is 17.6. The second kappa shape index (κ2) is 7.81. The van der Waals surface area contributed by atoms with E-state index in [1.54, 1.807) is 6.20 Å². The number of nitrogens with zero attached hydrogens (tertiary/aromatic N) is 4. The Balaban J connectivity index is 1.37. The minimum atomic E-state index is -0.547. The van der Waals surface area contributed by atoms with E-state index in [9.17, 15) is 9.59 Å². The molecule has 0 unspecified atom stereocenters. The zero-order valence-corrected chi connectivity index (χ0v) is 17.6. The van der Waals surface area contributed by atoms with Crippen molar-refractivity contribution in [1.82, 2.24) is 19.0 Å². The molecular formula is C24H27N5O2. The number of aryl methyl sites for hydroxylation is 1. The minimum Gasteiger partial charge on any atom is -0.340 e. The molecule has 1 saturated heterocycles. The molecule has 2 bridgehead atoms. The molecule has 0 aliphatic carbocycles. The number of likely N-dealkylation sites (tertiary alicyclic amines) is 1. The van der Waals surface area contributed by atoms with Gasteiger partial charge in [0.05, 0.1) is 11.6 Å². The minimum absolute atomic E-state index is 0.000944.